The van der Waals surface area contributed by atoms with E-state index in [1.54, 1.807) is 12.1 Å². The molecule has 2 unspecified atom stereocenters. The topological polar surface area (TPSA) is 73.8 Å². The lowest BCUT2D eigenvalue weighted by Gasteiger charge is -2.28. The zero-order valence-electron chi connectivity index (χ0n) is 11.2. The molecular formula is C14H19N3O3. The van der Waals surface area contributed by atoms with Crippen LogP contribution in [0.3, 0.4) is 0 Å². The molecule has 1 amide bonds. The van der Waals surface area contributed by atoms with Gasteiger partial charge in [0.2, 0.25) is 5.91 Å². The number of para-hydroxylation sites is 1. The van der Waals surface area contributed by atoms with Gasteiger partial charge in [0.25, 0.3) is 0 Å². The average Bonchev–Trinajstić information content (AvgIpc) is 2.97. The van der Waals surface area contributed by atoms with Gasteiger partial charge in [-0.1, -0.05) is 18.2 Å². The number of hydrogen-bond acceptors (Lipinski definition) is 5. The van der Waals surface area contributed by atoms with Crippen LogP contribution in [0.25, 0.3) is 0 Å². The van der Waals surface area contributed by atoms with Gasteiger partial charge in [-0.25, -0.2) is 10.9 Å². The molecule has 0 aliphatic carbocycles. The number of benzene rings is 1. The van der Waals surface area contributed by atoms with Crippen LogP contribution in [0.2, 0.25) is 0 Å². The van der Waals surface area contributed by atoms with Crippen molar-refractivity contribution in [2.45, 2.75) is 18.5 Å². The van der Waals surface area contributed by atoms with E-state index >= 15 is 0 Å². The van der Waals surface area contributed by atoms with Crippen molar-refractivity contribution in [2.75, 3.05) is 26.3 Å². The lowest BCUT2D eigenvalue weighted by atomic mass is 10.0. The Bertz CT molecular complexity index is 488. The zero-order chi connectivity index (χ0) is 13.9. The standard InChI is InChI=1S/C14H19N3O3/c18-13-4-2-1-3-10(13)11-9-12(16-15-11)14(19)17-5-7-20-8-6-17/h1-4,11-12,15-16,18H,5-9H2. The van der Waals surface area contributed by atoms with Gasteiger partial charge in [-0.05, 0) is 12.5 Å². The van der Waals surface area contributed by atoms with Crippen LogP contribution in [0.1, 0.15) is 18.0 Å². The summed E-state index contributed by atoms with van der Waals surface area (Å²) >= 11 is 0. The molecule has 0 bridgehead atoms. The van der Waals surface area contributed by atoms with Gasteiger partial charge in [0, 0.05) is 18.7 Å². The molecule has 0 spiro atoms. The Balaban J connectivity index is 1.64. The fourth-order valence-electron chi connectivity index (χ4n) is 2.71. The molecule has 6 nitrogen and oxygen atoms in total. The number of morpholine rings is 1. The van der Waals surface area contributed by atoms with Crippen molar-refractivity contribution in [3.63, 3.8) is 0 Å². The first-order valence-corrected chi connectivity index (χ1v) is 6.91. The number of nitrogens with one attached hydrogen (secondary N) is 2. The Hall–Kier alpha value is -1.63. The number of hydrazine groups is 1. The van der Waals surface area contributed by atoms with Crippen LogP contribution in [0.5, 0.6) is 5.75 Å². The van der Waals surface area contributed by atoms with E-state index in [-0.39, 0.29) is 23.7 Å². The van der Waals surface area contributed by atoms with Gasteiger partial charge in [0.1, 0.15) is 11.8 Å². The second-order valence-electron chi connectivity index (χ2n) is 5.13. The van der Waals surface area contributed by atoms with Gasteiger partial charge in [-0.2, -0.15) is 0 Å². The van der Waals surface area contributed by atoms with Gasteiger partial charge in [-0.15, -0.1) is 0 Å². The van der Waals surface area contributed by atoms with E-state index in [9.17, 15) is 9.90 Å². The van der Waals surface area contributed by atoms with Crippen LogP contribution in [0.4, 0.5) is 0 Å². The van der Waals surface area contributed by atoms with E-state index in [1.807, 2.05) is 17.0 Å². The first-order chi connectivity index (χ1) is 9.75. The SMILES string of the molecule is O=C(C1CC(c2ccccc2O)NN1)N1CCOCC1. The van der Waals surface area contributed by atoms with Gasteiger partial charge < -0.3 is 14.7 Å². The summed E-state index contributed by atoms with van der Waals surface area (Å²) < 4.78 is 5.26. The van der Waals surface area contributed by atoms with Crippen molar-refractivity contribution in [1.29, 1.82) is 0 Å². The lowest BCUT2D eigenvalue weighted by Crippen LogP contribution is -2.49. The summed E-state index contributed by atoms with van der Waals surface area (Å²) in [6.07, 6.45) is 0.633. The molecule has 0 saturated carbocycles. The van der Waals surface area contributed by atoms with Crippen LogP contribution in [-0.2, 0) is 9.53 Å². The quantitative estimate of drug-likeness (QED) is 0.718. The van der Waals surface area contributed by atoms with Gasteiger partial charge >= 0.3 is 0 Å². The highest BCUT2D eigenvalue weighted by Crippen LogP contribution is 2.29. The molecule has 1 aromatic rings. The summed E-state index contributed by atoms with van der Waals surface area (Å²) in [6.45, 7) is 2.51. The second-order valence-corrected chi connectivity index (χ2v) is 5.13. The highest BCUT2D eigenvalue weighted by Gasteiger charge is 2.34. The lowest BCUT2D eigenvalue weighted by molar-refractivity contribution is -0.137. The summed E-state index contributed by atoms with van der Waals surface area (Å²) in [5.74, 6) is 0.352. The zero-order valence-corrected chi connectivity index (χ0v) is 11.2. The minimum Gasteiger partial charge on any atom is -0.508 e. The summed E-state index contributed by atoms with van der Waals surface area (Å²) in [7, 11) is 0. The second kappa shape index (κ2) is 5.78. The summed E-state index contributed by atoms with van der Waals surface area (Å²) in [4.78, 5) is 14.2. The number of carbonyl (C=O) groups is 1. The summed E-state index contributed by atoms with van der Waals surface area (Å²) in [6, 6.07) is 6.90. The highest BCUT2D eigenvalue weighted by molar-refractivity contribution is 5.82. The molecule has 0 aromatic heterocycles. The average molecular weight is 277 g/mol. The van der Waals surface area contributed by atoms with Crippen molar-refractivity contribution in [3.8, 4) is 5.75 Å². The Kier molecular flexibility index (Phi) is 3.86. The smallest absolute Gasteiger partial charge is 0.241 e. The molecule has 3 N–H and O–H groups in total. The van der Waals surface area contributed by atoms with E-state index in [4.69, 9.17) is 4.74 Å². The maximum absolute atomic E-state index is 12.4. The highest BCUT2D eigenvalue weighted by atomic mass is 16.5. The minimum atomic E-state index is -0.252. The molecule has 20 heavy (non-hydrogen) atoms. The van der Waals surface area contributed by atoms with Crippen molar-refractivity contribution in [2.24, 2.45) is 0 Å². The summed E-state index contributed by atoms with van der Waals surface area (Å²) in [5, 5.41) is 9.86. The Labute approximate surface area is 117 Å². The number of carbonyl (C=O) groups excluding carboxylic acids is 1. The van der Waals surface area contributed by atoms with E-state index in [1.165, 1.54) is 0 Å². The number of rotatable bonds is 2. The maximum atomic E-state index is 12.4. The minimum absolute atomic E-state index is 0.0498. The molecule has 2 saturated heterocycles. The molecule has 2 aliphatic heterocycles. The molecule has 3 rings (SSSR count). The molecule has 2 aliphatic rings. The first-order valence-electron chi connectivity index (χ1n) is 6.91. The van der Waals surface area contributed by atoms with Crippen molar-refractivity contribution in [3.05, 3.63) is 29.8 Å². The third kappa shape index (κ3) is 2.63. The van der Waals surface area contributed by atoms with Crippen LogP contribution in [0.15, 0.2) is 24.3 Å². The fraction of sp³-hybridized carbons (Fsp3) is 0.500. The fourth-order valence-corrected chi connectivity index (χ4v) is 2.71. The van der Waals surface area contributed by atoms with Gasteiger partial charge in [0.15, 0.2) is 0 Å². The number of phenols is 1. The molecule has 2 atom stereocenters. The Morgan fingerprint density at radius 3 is 2.75 bits per heavy atom. The molecule has 108 valence electrons. The third-order valence-electron chi connectivity index (χ3n) is 3.84. The maximum Gasteiger partial charge on any atom is 0.241 e. The number of aromatic hydroxyl groups is 1. The number of hydrogen-bond donors (Lipinski definition) is 3. The summed E-state index contributed by atoms with van der Waals surface area (Å²) in [5.41, 5.74) is 6.95. The van der Waals surface area contributed by atoms with Crippen molar-refractivity contribution in [1.82, 2.24) is 15.8 Å². The van der Waals surface area contributed by atoms with E-state index in [0.29, 0.717) is 32.7 Å². The van der Waals surface area contributed by atoms with E-state index in [0.717, 1.165) is 5.56 Å². The Morgan fingerprint density at radius 2 is 2.00 bits per heavy atom. The molecule has 0 radical (unpaired) electrons. The molecule has 2 fully saturated rings. The predicted octanol–water partition coefficient (Wildman–Crippen LogP) is 0.159. The number of amides is 1. The van der Waals surface area contributed by atoms with Crippen LogP contribution < -0.4 is 10.9 Å². The van der Waals surface area contributed by atoms with Gasteiger partial charge in [-0.3, -0.25) is 4.79 Å². The Morgan fingerprint density at radius 1 is 1.25 bits per heavy atom. The third-order valence-corrected chi connectivity index (χ3v) is 3.84. The number of nitrogens with zero attached hydrogens (tertiary/aromatic N) is 1. The predicted molar refractivity (Wildman–Crippen MR) is 72.9 cm³/mol. The van der Waals surface area contributed by atoms with E-state index < -0.39 is 0 Å². The van der Waals surface area contributed by atoms with Crippen LogP contribution in [-0.4, -0.2) is 48.3 Å². The normalized spacial score (nSPS) is 26.7. The van der Waals surface area contributed by atoms with Crippen molar-refractivity contribution >= 4 is 5.91 Å². The van der Waals surface area contributed by atoms with Crippen LogP contribution in [0, 0.1) is 0 Å². The molecular weight excluding hydrogens is 258 g/mol. The molecule has 6 heteroatoms. The largest absolute Gasteiger partial charge is 0.508 e. The first kappa shape index (κ1) is 13.4. The van der Waals surface area contributed by atoms with E-state index in [2.05, 4.69) is 10.9 Å². The number of phenolic OH excluding ortho intramolecular Hbond substituents is 1. The number of ether oxygens (including phenoxy) is 1. The van der Waals surface area contributed by atoms with Crippen molar-refractivity contribution < 1.29 is 14.6 Å². The monoisotopic (exact) mass is 277 g/mol. The van der Waals surface area contributed by atoms with Crippen LogP contribution >= 0.6 is 0 Å². The molecule has 1 aromatic carbocycles. The molecule has 2 heterocycles. The van der Waals surface area contributed by atoms with Gasteiger partial charge in [0.05, 0.1) is 19.3 Å².